The van der Waals surface area contributed by atoms with Gasteiger partial charge < -0.3 is 15.2 Å². The van der Waals surface area contributed by atoms with Crippen LogP contribution in [0.2, 0.25) is 10.0 Å². The van der Waals surface area contributed by atoms with E-state index in [1.54, 1.807) is 19.3 Å². The lowest BCUT2D eigenvalue weighted by Gasteiger charge is -2.19. The summed E-state index contributed by atoms with van der Waals surface area (Å²) in [7, 11) is 0. The van der Waals surface area contributed by atoms with Gasteiger partial charge in [0, 0.05) is 41.3 Å². The van der Waals surface area contributed by atoms with Gasteiger partial charge in [-0.1, -0.05) is 23.2 Å². The highest BCUT2D eigenvalue weighted by Gasteiger charge is 2.16. The number of aromatic nitrogens is 1. The van der Waals surface area contributed by atoms with Gasteiger partial charge in [-0.15, -0.1) is 0 Å². The number of halogens is 3. The molecule has 1 aromatic heterocycles. The quantitative estimate of drug-likeness (QED) is 0.290. The molecule has 0 aliphatic rings. The minimum atomic E-state index is -0.331. The summed E-state index contributed by atoms with van der Waals surface area (Å²) in [4.78, 5) is 3.95. The smallest absolute Gasteiger partial charge is 0.124 e. The number of benzene rings is 1. The summed E-state index contributed by atoms with van der Waals surface area (Å²) in [5.41, 5.74) is 2.91. The first-order chi connectivity index (χ1) is 10.9. The van der Waals surface area contributed by atoms with E-state index in [1.165, 1.54) is 0 Å². The normalized spacial score (nSPS) is 12.4. The zero-order chi connectivity index (χ0) is 17.0. The lowest BCUT2D eigenvalue weighted by molar-refractivity contribution is 0.227. The van der Waals surface area contributed by atoms with Gasteiger partial charge in [-0.05, 0) is 54.1 Å². The first-order valence-corrected chi connectivity index (χ1v) is 11.6. The zero-order valence-corrected chi connectivity index (χ0v) is 17.1. The lowest BCUT2D eigenvalue weighted by atomic mass is 10.1. The van der Waals surface area contributed by atoms with Gasteiger partial charge >= 0.3 is 0 Å². The monoisotopic (exact) mass is 481 g/mol. The number of nitrogens with zero attached hydrogens (tertiary/aromatic N) is 1. The first-order valence-electron chi connectivity index (χ1n) is 6.70. The fourth-order valence-corrected chi connectivity index (χ4v) is 4.00. The molecule has 1 heterocycles. The lowest BCUT2D eigenvalue weighted by Crippen LogP contribution is -2.06. The molecule has 0 saturated heterocycles. The Kier molecular flexibility index (Phi) is 6.89. The number of hydrogen-bond acceptors (Lipinski definition) is 4. The Balaban J connectivity index is 2.29. The highest BCUT2D eigenvalue weighted by molar-refractivity contribution is 14.2. The third-order valence-corrected chi connectivity index (χ3v) is 4.96. The number of nitrogens with one attached hydrogen (secondary N) is 2. The molecule has 0 saturated carbocycles. The van der Waals surface area contributed by atoms with Crippen molar-refractivity contribution in [2.75, 3.05) is 5.09 Å². The van der Waals surface area contributed by atoms with Crippen LogP contribution in [0.15, 0.2) is 30.6 Å². The van der Waals surface area contributed by atoms with E-state index in [-0.39, 0.29) is 6.10 Å². The topological polar surface area (TPSA) is 58.0 Å². The molecule has 23 heavy (non-hydrogen) atoms. The Hall–Kier alpha value is -0.620. The van der Waals surface area contributed by atoms with Crippen LogP contribution in [0.5, 0.6) is 5.75 Å². The molecule has 2 N–H and O–H groups in total. The number of hydrogen-bond donors (Lipinski definition) is 2. The Labute approximate surface area is 160 Å². The molecule has 2 atom stereocenters. The second kappa shape index (κ2) is 8.47. The van der Waals surface area contributed by atoms with Crippen LogP contribution in [0.25, 0.3) is 0 Å². The molecule has 4 nitrogen and oxygen atoms in total. The van der Waals surface area contributed by atoms with E-state index < -0.39 is 0 Å². The maximum Gasteiger partial charge on any atom is 0.124 e. The highest BCUT2D eigenvalue weighted by Crippen LogP contribution is 2.34. The summed E-state index contributed by atoms with van der Waals surface area (Å²) in [6, 6.07) is 5.63. The van der Waals surface area contributed by atoms with Crippen LogP contribution in [0.4, 0.5) is 5.69 Å². The average Bonchev–Trinajstić information content (AvgIpc) is 2.48. The number of rotatable bonds is 6. The molecule has 122 valence electrons. The predicted octanol–water partition coefficient (Wildman–Crippen LogP) is 6.27. The van der Waals surface area contributed by atoms with Crippen molar-refractivity contribution >= 4 is 63.0 Å². The van der Waals surface area contributed by atoms with Crippen LogP contribution in [0.1, 0.15) is 31.1 Å². The average molecular weight is 482 g/mol. The fraction of sp³-hybridized carbons (Fsp3) is 0.200. The summed E-state index contributed by atoms with van der Waals surface area (Å²) in [6.45, 7) is 3.63. The zero-order valence-electron chi connectivity index (χ0n) is 12.5. The molecule has 0 aliphatic carbocycles. The van der Waals surface area contributed by atoms with Crippen molar-refractivity contribution in [3.05, 3.63) is 51.8 Å². The second-order valence-corrected chi connectivity index (χ2v) is 7.70. The van der Waals surface area contributed by atoms with Crippen molar-refractivity contribution < 1.29 is 4.74 Å². The summed E-state index contributed by atoms with van der Waals surface area (Å²) in [5.74, 6) is 0.658. The maximum atomic E-state index is 7.92. The Morgan fingerprint density at radius 1 is 1.35 bits per heavy atom. The van der Waals surface area contributed by atoms with Crippen molar-refractivity contribution in [3.8, 4) is 5.75 Å². The van der Waals surface area contributed by atoms with Gasteiger partial charge in [0.1, 0.15) is 11.9 Å². The molecule has 0 aliphatic heterocycles. The summed E-state index contributed by atoms with van der Waals surface area (Å²) >= 11 is 14.6. The van der Waals surface area contributed by atoms with E-state index in [2.05, 4.69) is 32.1 Å². The Morgan fingerprint density at radius 2 is 2.00 bits per heavy atom. The van der Waals surface area contributed by atoms with E-state index in [0.29, 0.717) is 33.4 Å². The largest absolute Gasteiger partial charge is 0.486 e. The van der Waals surface area contributed by atoms with Gasteiger partial charge in [-0.2, -0.15) is 0 Å². The Morgan fingerprint density at radius 3 is 2.57 bits per heavy atom. The molecule has 2 rings (SSSR count). The van der Waals surface area contributed by atoms with E-state index in [4.69, 9.17) is 33.3 Å². The molecule has 8 heteroatoms. The standard InChI is InChI=1S/C15H15Cl2IN3OP/c1-8(19)11-5-10(3-4-14(11)21-23-18)22-9(2)15-12(16)6-20-7-13(15)17/h3-7,9,19,21,23H,1-2H3. The SMILES string of the molecule is CC(=N)c1cc(OC(C)c2c(Cl)cncc2Cl)ccc1NPI. The number of pyridine rings is 1. The summed E-state index contributed by atoms with van der Waals surface area (Å²) < 4.78 is 5.97. The van der Waals surface area contributed by atoms with E-state index in [1.807, 2.05) is 25.1 Å². The minimum Gasteiger partial charge on any atom is -0.486 e. The van der Waals surface area contributed by atoms with Crippen molar-refractivity contribution in [2.24, 2.45) is 0 Å². The Bertz CT molecular complexity index is 710. The van der Waals surface area contributed by atoms with Crippen molar-refractivity contribution in [3.63, 3.8) is 0 Å². The fourth-order valence-electron chi connectivity index (χ4n) is 2.14. The first kappa shape index (κ1) is 18.7. The van der Waals surface area contributed by atoms with Crippen LogP contribution in [-0.4, -0.2) is 10.7 Å². The molecule has 0 spiro atoms. The molecule has 0 radical (unpaired) electrons. The van der Waals surface area contributed by atoms with Crippen LogP contribution >= 0.6 is 51.6 Å². The van der Waals surface area contributed by atoms with Gasteiger partial charge in [0.25, 0.3) is 0 Å². The summed E-state index contributed by atoms with van der Waals surface area (Å²) in [5, 5.41) is 12.1. The third kappa shape index (κ3) is 4.69. The van der Waals surface area contributed by atoms with Crippen LogP contribution in [0, 0.1) is 5.41 Å². The van der Waals surface area contributed by atoms with Crippen LogP contribution in [-0.2, 0) is 0 Å². The van der Waals surface area contributed by atoms with Crippen molar-refractivity contribution in [1.29, 1.82) is 5.41 Å². The van der Waals surface area contributed by atoms with Gasteiger partial charge in [0.15, 0.2) is 0 Å². The molecule has 0 bridgehead atoms. The molecule has 2 aromatic rings. The van der Waals surface area contributed by atoms with E-state index in [9.17, 15) is 0 Å². The van der Waals surface area contributed by atoms with Crippen molar-refractivity contribution in [1.82, 2.24) is 4.98 Å². The van der Waals surface area contributed by atoms with Gasteiger partial charge in [0.2, 0.25) is 0 Å². The summed E-state index contributed by atoms with van der Waals surface area (Å²) in [6.07, 6.45) is 3.29. The molecular formula is C15H15Cl2IN3OP. The molecule has 1 aromatic carbocycles. The second-order valence-electron chi connectivity index (χ2n) is 4.83. The maximum absolute atomic E-state index is 7.92. The van der Waals surface area contributed by atoms with Gasteiger partial charge in [-0.3, -0.25) is 4.98 Å². The predicted molar refractivity (Wildman–Crippen MR) is 108 cm³/mol. The van der Waals surface area contributed by atoms with E-state index in [0.717, 1.165) is 11.3 Å². The van der Waals surface area contributed by atoms with Crippen molar-refractivity contribution in [2.45, 2.75) is 20.0 Å². The third-order valence-electron chi connectivity index (χ3n) is 3.19. The molecule has 2 unspecified atom stereocenters. The van der Waals surface area contributed by atoms with Gasteiger partial charge in [-0.25, -0.2) is 0 Å². The highest BCUT2D eigenvalue weighted by atomic mass is 127. The van der Waals surface area contributed by atoms with E-state index >= 15 is 0 Å². The molecule has 0 fully saturated rings. The van der Waals surface area contributed by atoms with Crippen LogP contribution in [0.3, 0.4) is 0 Å². The van der Waals surface area contributed by atoms with Crippen LogP contribution < -0.4 is 9.82 Å². The number of ether oxygens (including phenoxy) is 1. The number of anilines is 1. The minimum absolute atomic E-state index is 0.331. The van der Waals surface area contributed by atoms with Gasteiger partial charge in [0.05, 0.1) is 10.0 Å². The molecule has 0 amide bonds. The molecular weight excluding hydrogens is 467 g/mol.